The molecule has 1 aliphatic rings. The minimum absolute atomic E-state index is 0.135. The fourth-order valence-electron chi connectivity index (χ4n) is 3.81. The quantitative estimate of drug-likeness (QED) is 0.355. The molecular weight excluding hydrogens is 468 g/mol. The maximum absolute atomic E-state index is 12.9. The van der Waals surface area contributed by atoms with E-state index in [2.05, 4.69) is 31.7 Å². The summed E-state index contributed by atoms with van der Waals surface area (Å²) in [4.78, 5) is 38.8. The van der Waals surface area contributed by atoms with Crippen LogP contribution < -0.4 is 10.6 Å². The van der Waals surface area contributed by atoms with Crippen molar-refractivity contribution in [3.05, 3.63) is 52.4 Å². The van der Waals surface area contributed by atoms with Gasteiger partial charge in [0.25, 0.3) is 5.91 Å². The van der Waals surface area contributed by atoms with E-state index in [1.54, 1.807) is 30.0 Å². The molecule has 11 heteroatoms. The van der Waals surface area contributed by atoms with Gasteiger partial charge in [-0.25, -0.2) is 9.97 Å². The summed E-state index contributed by atoms with van der Waals surface area (Å²) in [6.07, 6.45) is 3.86. The Morgan fingerprint density at radius 1 is 1.37 bits per heavy atom. The maximum atomic E-state index is 12.9. The summed E-state index contributed by atoms with van der Waals surface area (Å²) in [5.41, 5.74) is 2.68. The molecule has 10 nitrogen and oxygen atoms in total. The molecule has 35 heavy (non-hydrogen) atoms. The van der Waals surface area contributed by atoms with Crippen LogP contribution in [0.15, 0.2) is 30.6 Å². The lowest BCUT2D eigenvalue weighted by Gasteiger charge is -2.37. The topological polar surface area (TPSA) is 151 Å². The Labute approximate surface area is 207 Å². The summed E-state index contributed by atoms with van der Waals surface area (Å²) in [5, 5.41) is 24.2. The Bertz CT molecular complexity index is 1340. The number of anilines is 1. The summed E-state index contributed by atoms with van der Waals surface area (Å²) >= 11 is 6.15. The van der Waals surface area contributed by atoms with Crippen molar-refractivity contribution in [1.29, 1.82) is 10.7 Å². The Kier molecular flexibility index (Phi) is 6.98. The highest BCUT2D eigenvalue weighted by Crippen LogP contribution is 2.24. The highest BCUT2D eigenvalue weighted by Gasteiger charge is 2.33. The third kappa shape index (κ3) is 4.95. The predicted molar refractivity (Wildman–Crippen MR) is 133 cm³/mol. The zero-order chi connectivity index (χ0) is 25.1. The highest BCUT2D eigenvalue weighted by molar-refractivity contribution is 6.31. The van der Waals surface area contributed by atoms with Crippen LogP contribution in [-0.4, -0.2) is 63.1 Å². The molecule has 1 fully saturated rings. The van der Waals surface area contributed by atoms with Gasteiger partial charge in [-0.05, 0) is 31.5 Å². The van der Waals surface area contributed by atoms with Crippen molar-refractivity contribution in [3.8, 4) is 6.07 Å². The molecule has 1 atom stereocenters. The largest absolute Gasteiger partial charge is 0.384 e. The van der Waals surface area contributed by atoms with Crippen LogP contribution >= 0.6 is 11.6 Å². The molecule has 0 bridgehead atoms. The van der Waals surface area contributed by atoms with Gasteiger partial charge < -0.3 is 20.5 Å². The average molecular weight is 493 g/mol. The van der Waals surface area contributed by atoms with E-state index < -0.39 is 11.9 Å². The molecule has 3 heterocycles. The zero-order valence-corrected chi connectivity index (χ0v) is 20.1. The number of rotatable bonds is 8. The van der Waals surface area contributed by atoms with Gasteiger partial charge in [0, 0.05) is 42.1 Å². The Balaban J connectivity index is 1.55. The highest BCUT2D eigenvalue weighted by atomic mass is 35.5. The second kappa shape index (κ2) is 10.1. The fraction of sp³-hybridized carbons (Fsp3) is 0.333. The summed E-state index contributed by atoms with van der Waals surface area (Å²) < 4.78 is 0. The number of carbonyl (C=O) groups is 2. The third-order valence-corrected chi connectivity index (χ3v) is 6.03. The van der Waals surface area contributed by atoms with Gasteiger partial charge in [-0.15, -0.1) is 0 Å². The van der Waals surface area contributed by atoms with Crippen molar-refractivity contribution in [1.82, 2.24) is 25.2 Å². The number of halogens is 1. The molecule has 0 unspecified atom stereocenters. The van der Waals surface area contributed by atoms with Crippen LogP contribution in [0.25, 0.3) is 11.2 Å². The molecule has 180 valence electrons. The number of nitrogens with one attached hydrogen (secondary N) is 4. The standard InChI is InChI=1S/C24H25ClN8O2/c1-3-6-28-18-7-15(25)4-5-16(18)20(27)19-10-30-22-21(32-19)17(9-29-22)23(34)31-13(2)24(35)33-11-14(8-26)12-33/h4-5,7,9-10,13-14,27-28H,3,6,11-12H2,1-2H3,(H,29,30)(H,31,34)/t13-/m1/s1. The van der Waals surface area contributed by atoms with Crippen LogP contribution in [0.5, 0.6) is 0 Å². The number of fused-ring (bicyclic) bond motifs is 1. The van der Waals surface area contributed by atoms with E-state index in [1.807, 2.05) is 6.92 Å². The molecule has 2 amide bonds. The van der Waals surface area contributed by atoms with Crippen molar-refractivity contribution in [2.24, 2.45) is 5.92 Å². The average Bonchev–Trinajstić information content (AvgIpc) is 3.25. The first kappa shape index (κ1) is 24.2. The third-order valence-electron chi connectivity index (χ3n) is 5.79. The first-order chi connectivity index (χ1) is 16.8. The minimum Gasteiger partial charge on any atom is -0.384 e. The number of aromatic nitrogens is 3. The minimum atomic E-state index is -0.761. The van der Waals surface area contributed by atoms with E-state index in [0.29, 0.717) is 40.5 Å². The predicted octanol–water partition coefficient (Wildman–Crippen LogP) is 2.95. The molecule has 2 aromatic heterocycles. The van der Waals surface area contributed by atoms with Gasteiger partial charge in [0.1, 0.15) is 17.3 Å². The Morgan fingerprint density at radius 2 is 2.14 bits per heavy atom. The van der Waals surface area contributed by atoms with E-state index in [1.165, 1.54) is 12.4 Å². The Morgan fingerprint density at radius 3 is 2.86 bits per heavy atom. The summed E-state index contributed by atoms with van der Waals surface area (Å²) in [5.74, 6) is -0.880. The molecule has 0 saturated carbocycles. The van der Waals surface area contributed by atoms with Gasteiger partial charge in [0.05, 0.1) is 29.5 Å². The van der Waals surface area contributed by atoms with E-state index in [0.717, 1.165) is 18.7 Å². The number of carbonyl (C=O) groups excluding carboxylic acids is 2. The van der Waals surface area contributed by atoms with Crippen LogP contribution in [-0.2, 0) is 4.79 Å². The van der Waals surface area contributed by atoms with E-state index in [4.69, 9.17) is 22.3 Å². The number of likely N-dealkylation sites (tertiary alicyclic amines) is 1. The van der Waals surface area contributed by atoms with Crippen molar-refractivity contribution in [2.45, 2.75) is 26.3 Å². The fourth-order valence-corrected chi connectivity index (χ4v) is 3.99. The van der Waals surface area contributed by atoms with Crippen LogP contribution in [0.2, 0.25) is 5.02 Å². The number of hydrogen-bond acceptors (Lipinski definition) is 7. The molecule has 0 aliphatic carbocycles. The first-order valence-corrected chi connectivity index (χ1v) is 11.7. The molecule has 3 aromatic rings. The summed E-state index contributed by atoms with van der Waals surface area (Å²) in [6.45, 7) is 5.12. The van der Waals surface area contributed by atoms with Gasteiger partial charge in [0.15, 0.2) is 5.65 Å². The van der Waals surface area contributed by atoms with Crippen LogP contribution in [0.3, 0.4) is 0 Å². The number of hydrogen-bond donors (Lipinski definition) is 4. The number of nitrogens with zero attached hydrogens (tertiary/aromatic N) is 4. The molecule has 4 rings (SSSR count). The lowest BCUT2D eigenvalue weighted by molar-refractivity contribution is -0.137. The lowest BCUT2D eigenvalue weighted by Crippen LogP contribution is -2.55. The second-order valence-electron chi connectivity index (χ2n) is 8.41. The maximum Gasteiger partial charge on any atom is 0.255 e. The van der Waals surface area contributed by atoms with Gasteiger partial charge in [-0.2, -0.15) is 5.26 Å². The number of amides is 2. The van der Waals surface area contributed by atoms with Gasteiger partial charge in [0.2, 0.25) is 5.91 Å². The molecule has 4 N–H and O–H groups in total. The number of nitriles is 1. The van der Waals surface area contributed by atoms with Crippen molar-refractivity contribution in [3.63, 3.8) is 0 Å². The molecule has 0 radical (unpaired) electrons. The van der Waals surface area contributed by atoms with Crippen LogP contribution in [0.4, 0.5) is 5.69 Å². The van der Waals surface area contributed by atoms with Gasteiger partial charge in [-0.1, -0.05) is 18.5 Å². The van der Waals surface area contributed by atoms with Crippen LogP contribution in [0.1, 0.15) is 41.9 Å². The molecular formula is C24H25ClN8O2. The number of benzene rings is 1. The second-order valence-corrected chi connectivity index (χ2v) is 8.85. The molecule has 1 saturated heterocycles. The molecule has 0 spiro atoms. The monoisotopic (exact) mass is 492 g/mol. The zero-order valence-electron chi connectivity index (χ0n) is 19.4. The molecule has 1 aromatic carbocycles. The first-order valence-electron chi connectivity index (χ1n) is 11.3. The van der Waals surface area contributed by atoms with Gasteiger partial charge in [-0.3, -0.25) is 15.0 Å². The summed E-state index contributed by atoms with van der Waals surface area (Å²) in [7, 11) is 0. The van der Waals surface area contributed by atoms with Crippen LogP contribution in [0, 0.1) is 22.7 Å². The normalized spacial score (nSPS) is 14.2. The van der Waals surface area contributed by atoms with E-state index in [-0.39, 0.29) is 23.1 Å². The van der Waals surface area contributed by atoms with Crippen molar-refractivity contribution < 1.29 is 9.59 Å². The van der Waals surface area contributed by atoms with Crippen molar-refractivity contribution in [2.75, 3.05) is 25.0 Å². The molecule has 1 aliphatic heterocycles. The number of H-pyrrole nitrogens is 1. The SMILES string of the molecule is CCCNc1cc(Cl)ccc1C(=N)c1cnc2[nH]cc(C(=O)N[C@H](C)C(=O)N3CC(C#N)C3)c2n1. The van der Waals surface area contributed by atoms with Crippen molar-refractivity contribution >= 4 is 46.0 Å². The van der Waals surface area contributed by atoms with E-state index in [9.17, 15) is 9.59 Å². The summed E-state index contributed by atoms with van der Waals surface area (Å²) in [6, 6.07) is 6.58. The smallest absolute Gasteiger partial charge is 0.255 e. The number of aromatic amines is 1. The van der Waals surface area contributed by atoms with E-state index >= 15 is 0 Å². The lowest BCUT2D eigenvalue weighted by atomic mass is 10.0. The van der Waals surface area contributed by atoms with Gasteiger partial charge >= 0.3 is 0 Å². The Hall–Kier alpha value is -3.97.